The molecule has 0 aromatic heterocycles. The van der Waals surface area contributed by atoms with Crippen LogP contribution in [-0.4, -0.2) is 7.05 Å². The van der Waals surface area contributed by atoms with Crippen molar-refractivity contribution in [3.8, 4) is 5.75 Å². The molecule has 1 N–H and O–H groups in total. The molecule has 1 unspecified atom stereocenters. The van der Waals surface area contributed by atoms with E-state index in [9.17, 15) is 0 Å². The van der Waals surface area contributed by atoms with Gasteiger partial charge in [-0.2, -0.15) is 4.89 Å². The van der Waals surface area contributed by atoms with Crippen LogP contribution in [0.3, 0.4) is 0 Å². The summed E-state index contributed by atoms with van der Waals surface area (Å²) in [5.41, 5.74) is 1.05. The predicted molar refractivity (Wildman–Crippen MR) is 43.2 cm³/mol. The van der Waals surface area contributed by atoms with Crippen LogP contribution in [0.1, 0.15) is 11.6 Å². The maximum atomic E-state index is 4.90. The van der Waals surface area contributed by atoms with Crippen molar-refractivity contribution < 1.29 is 9.78 Å². The lowest BCUT2D eigenvalue weighted by molar-refractivity contribution is -0.189. The van der Waals surface area contributed by atoms with Crippen LogP contribution < -0.4 is 10.2 Å². The third-order valence-corrected chi connectivity index (χ3v) is 1.82. The molecular weight excluding hydrogens is 154 g/mol. The van der Waals surface area contributed by atoms with Gasteiger partial charge in [-0.15, -0.1) is 0 Å². The molecule has 2 radical (unpaired) electrons. The zero-order chi connectivity index (χ0) is 8.39. The summed E-state index contributed by atoms with van der Waals surface area (Å²) in [6.45, 7) is 2.69. The topological polar surface area (TPSA) is 30.5 Å². The van der Waals surface area contributed by atoms with Gasteiger partial charge < -0.3 is 10.2 Å². The molecule has 0 saturated heterocycles. The van der Waals surface area contributed by atoms with Gasteiger partial charge in [0.2, 0.25) is 6.61 Å². The maximum absolute atomic E-state index is 4.90. The van der Waals surface area contributed by atoms with Crippen molar-refractivity contribution in [2.24, 2.45) is 0 Å². The number of hydrogen-bond acceptors (Lipinski definition) is 3. The quantitative estimate of drug-likeness (QED) is 0.633. The van der Waals surface area contributed by atoms with Gasteiger partial charge >= 0.3 is 0 Å². The number of fused-ring (bicyclic) bond motifs is 1. The van der Waals surface area contributed by atoms with Gasteiger partial charge in [0.25, 0.3) is 0 Å². The molecule has 1 aromatic rings. The summed E-state index contributed by atoms with van der Waals surface area (Å²) in [6.07, 6.45) is 0. The van der Waals surface area contributed by atoms with Crippen LogP contribution in [0.15, 0.2) is 24.3 Å². The zero-order valence-electron chi connectivity index (χ0n) is 6.70. The average molecular weight is 163 g/mol. The van der Waals surface area contributed by atoms with Crippen LogP contribution in [0.5, 0.6) is 5.75 Å². The second-order valence-corrected chi connectivity index (χ2v) is 2.54. The largest absolute Gasteiger partial charge is 0.336 e. The highest BCUT2D eigenvalue weighted by Gasteiger charge is 2.21. The minimum atomic E-state index is -0.00468. The van der Waals surface area contributed by atoms with Gasteiger partial charge in [0.05, 0.1) is 6.04 Å². The second-order valence-electron chi connectivity index (χ2n) is 2.54. The van der Waals surface area contributed by atoms with E-state index in [2.05, 4.69) is 16.8 Å². The van der Waals surface area contributed by atoms with Crippen LogP contribution in [0, 0.1) is 6.61 Å². The SMILES string of the molecule is CNC1[C]OOc2ccccc21. The van der Waals surface area contributed by atoms with E-state index in [0.29, 0.717) is 0 Å². The summed E-state index contributed by atoms with van der Waals surface area (Å²) in [4.78, 5) is 9.59. The molecule has 0 saturated carbocycles. The van der Waals surface area contributed by atoms with Crippen molar-refractivity contribution in [1.29, 1.82) is 0 Å². The molecule has 1 aliphatic rings. The first-order valence-electron chi connectivity index (χ1n) is 3.77. The molecule has 0 amide bonds. The van der Waals surface area contributed by atoms with Crippen molar-refractivity contribution in [3.05, 3.63) is 36.4 Å². The number of likely N-dealkylation sites (N-methyl/N-ethyl adjacent to an activating group) is 1. The predicted octanol–water partition coefficient (Wildman–Crippen LogP) is 1.31. The molecule has 1 aromatic carbocycles. The second kappa shape index (κ2) is 3.13. The first kappa shape index (κ1) is 7.58. The molecule has 12 heavy (non-hydrogen) atoms. The molecule has 1 heterocycles. The molecule has 1 atom stereocenters. The highest BCUT2D eigenvalue weighted by atomic mass is 17.2. The molecule has 0 spiro atoms. The number of para-hydroxylation sites is 1. The maximum Gasteiger partial charge on any atom is 0.210 e. The van der Waals surface area contributed by atoms with Crippen molar-refractivity contribution in [2.75, 3.05) is 7.05 Å². The minimum absolute atomic E-state index is 0.00468. The monoisotopic (exact) mass is 163 g/mol. The van der Waals surface area contributed by atoms with Gasteiger partial charge in [-0.3, -0.25) is 0 Å². The summed E-state index contributed by atoms with van der Waals surface area (Å²) in [5, 5.41) is 3.04. The number of hydrogen-bond donors (Lipinski definition) is 1. The van der Waals surface area contributed by atoms with Crippen LogP contribution in [0.2, 0.25) is 0 Å². The van der Waals surface area contributed by atoms with Crippen molar-refractivity contribution in [3.63, 3.8) is 0 Å². The van der Waals surface area contributed by atoms with E-state index in [1.165, 1.54) is 0 Å². The van der Waals surface area contributed by atoms with Crippen LogP contribution in [-0.2, 0) is 4.89 Å². The highest BCUT2D eigenvalue weighted by molar-refractivity contribution is 5.37. The standard InChI is InChI=1S/C9H9NO2/c1-10-8-6-11-12-9-5-3-2-4-7(8)9/h2-5,8,10H,1H3. The molecule has 2 rings (SSSR count). The fourth-order valence-electron chi connectivity index (χ4n) is 1.19. The third-order valence-electron chi connectivity index (χ3n) is 1.82. The summed E-state index contributed by atoms with van der Waals surface area (Å²) >= 11 is 0. The van der Waals surface area contributed by atoms with Crippen molar-refractivity contribution >= 4 is 0 Å². The Hall–Kier alpha value is -1.06. The van der Waals surface area contributed by atoms with Gasteiger partial charge in [-0.25, -0.2) is 0 Å². The Kier molecular flexibility index (Phi) is 1.98. The summed E-state index contributed by atoms with van der Waals surface area (Å²) in [7, 11) is 1.85. The van der Waals surface area contributed by atoms with Gasteiger partial charge in [0.15, 0.2) is 5.75 Å². The molecule has 0 fully saturated rings. The lowest BCUT2D eigenvalue weighted by atomic mass is 10.1. The minimum Gasteiger partial charge on any atom is -0.336 e. The van der Waals surface area contributed by atoms with Crippen molar-refractivity contribution in [1.82, 2.24) is 5.32 Å². The van der Waals surface area contributed by atoms with Gasteiger partial charge in [0, 0.05) is 5.56 Å². The molecule has 0 aliphatic carbocycles. The molecule has 1 aliphatic heterocycles. The Bertz CT molecular complexity index is 275. The van der Waals surface area contributed by atoms with Crippen LogP contribution in [0.4, 0.5) is 0 Å². The molecule has 0 bridgehead atoms. The summed E-state index contributed by atoms with van der Waals surface area (Å²) in [5.74, 6) is 0.746. The zero-order valence-corrected chi connectivity index (χ0v) is 6.70. The lowest BCUT2D eigenvalue weighted by Gasteiger charge is -2.22. The smallest absolute Gasteiger partial charge is 0.210 e. The van der Waals surface area contributed by atoms with Crippen molar-refractivity contribution in [2.45, 2.75) is 6.04 Å². The van der Waals surface area contributed by atoms with E-state index >= 15 is 0 Å². The fourth-order valence-corrected chi connectivity index (χ4v) is 1.19. The average Bonchev–Trinajstić information content (AvgIpc) is 2.17. The highest BCUT2D eigenvalue weighted by Crippen LogP contribution is 2.30. The van der Waals surface area contributed by atoms with Crippen LogP contribution in [0.25, 0.3) is 0 Å². The Morgan fingerprint density at radius 1 is 1.42 bits per heavy atom. The molecule has 3 heteroatoms. The Morgan fingerprint density at radius 3 is 3.08 bits per heavy atom. The number of nitrogens with one attached hydrogen (secondary N) is 1. The van der Waals surface area contributed by atoms with E-state index in [-0.39, 0.29) is 6.04 Å². The normalized spacial score (nSPS) is 21.2. The lowest BCUT2D eigenvalue weighted by Crippen LogP contribution is -2.23. The van der Waals surface area contributed by atoms with E-state index in [0.717, 1.165) is 11.3 Å². The van der Waals surface area contributed by atoms with Crippen LogP contribution >= 0.6 is 0 Å². The van der Waals surface area contributed by atoms with Gasteiger partial charge in [0.1, 0.15) is 0 Å². The summed E-state index contributed by atoms with van der Waals surface area (Å²) in [6, 6.07) is 7.70. The Labute approximate surface area is 71.2 Å². The first-order valence-corrected chi connectivity index (χ1v) is 3.77. The molecule has 62 valence electrons. The van der Waals surface area contributed by atoms with Gasteiger partial charge in [-0.1, -0.05) is 18.2 Å². The van der Waals surface area contributed by atoms with E-state index in [1.807, 2.05) is 31.3 Å². The number of rotatable bonds is 1. The third kappa shape index (κ3) is 1.17. The first-order chi connectivity index (χ1) is 5.92. The summed E-state index contributed by atoms with van der Waals surface area (Å²) < 4.78 is 0. The number of benzene rings is 1. The van der Waals surface area contributed by atoms with E-state index in [1.54, 1.807) is 0 Å². The van der Waals surface area contributed by atoms with Gasteiger partial charge in [-0.05, 0) is 13.1 Å². The fraction of sp³-hybridized carbons (Fsp3) is 0.222. The Morgan fingerprint density at radius 2 is 2.25 bits per heavy atom. The van der Waals surface area contributed by atoms with E-state index < -0.39 is 0 Å². The molecular formula is C9H9NO2. The van der Waals surface area contributed by atoms with E-state index in [4.69, 9.17) is 4.89 Å². The Balaban J connectivity index is 2.37. The molecule has 3 nitrogen and oxygen atoms in total.